The van der Waals surface area contributed by atoms with Gasteiger partial charge in [-0.3, -0.25) is 0 Å². The van der Waals surface area contributed by atoms with E-state index in [1.165, 1.54) is 4.31 Å². The number of aromatic amines is 1. The summed E-state index contributed by atoms with van der Waals surface area (Å²) in [6.45, 7) is 3.24. The molecule has 1 saturated heterocycles. The van der Waals surface area contributed by atoms with E-state index in [1.807, 2.05) is 6.07 Å². The lowest BCUT2D eigenvalue weighted by Crippen LogP contribution is -2.59. The van der Waals surface area contributed by atoms with Crippen LogP contribution in [0.25, 0.3) is 0 Å². The first-order valence-corrected chi connectivity index (χ1v) is 13.3. The minimum atomic E-state index is -3.82. The predicted octanol–water partition coefficient (Wildman–Crippen LogP) is 3.49. The molecule has 1 aliphatic heterocycles. The number of hydrogen-bond donors (Lipinski definition) is 2. The third-order valence-electron chi connectivity index (χ3n) is 7.43. The van der Waals surface area contributed by atoms with E-state index >= 15 is 8.78 Å². The number of halogens is 2. The van der Waals surface area contributed by atoms with Gasteiger partial charge in [-0.05, 0) is 57.2 Å². The van der Waals surface area contributed by atoms with Crippen molar-refractivity contribution in [2.45, 2.75) is 68.3 Å². The molecule has 0 amide bonds. The van der Waals surface area contributed by atoms with E-state index in [-0.39, 0.29) is 42.4 Å². The van der Waals surface area contributed by atoms with Gasteiger partial charge in [0.15, 0.2) is 0 Å². The van der Waals surface area contributed by atoms with Crippen LogP contribution in [0, 0.1) is 11.6 Å². The summed E-state index contributed by atoms with van der Waals surface area (Å²) in [5, 5.41) is 5.29. The Bertz CT molecular complexity index is 1440. The van der Waals surface area contributed by atoms with Crippen LogP contribution in [0.4, 0.5) is 8.78 Å². The molecule has 2 fully saturated rings. The molecule has 0 spiro atoms. The van der Waals surface area contributed by atoms with E-state index in [9.17, 15) is 13.2 Å². The third kappa shape index (κ3) is 4.08. The highest BCUT2D eigenvalue weighted by molar-refractivity contribution is 7.89. The summed E-state index contributed by atoms with van der Waals surface area (Å²) >= 11 is 0. The molecule has 2 aromatic carbocycles. The monoisotopic (exact) mass is 518 g/mol. The highest BCUT2D eigenvalue weighted by atomic mass is 32.2. The third-order valence-corrected chi connectivity index (χ3v) is 9.80. The van der Waals surface area contributed by atoms with Crippen LogP contribution in [0.15, 0.2) is 51.7 Å². The second-order valence-corrected chi connectivity index (χ2v) is 12.4. The van der Waals surface area contributed by atoms with E-state index in [2.05, 4.69) is 10.2 Å². The van der Waals surface area contributed by atoms with Crippen molar-refractivity contribution in [1.82, 2.24) is 14.5 Å². The van der Waals surface area contributed by atoms with Crippen LogP contribution < -0.4 is 11.5 Å². The van der Waals surface area contributed by atoms with Crippen LogP contribution in [-0.4, -0.2) is 34.5 Å². The molecule has 1 aliphatic carbocycles. The Hall–Kier alpha value is -2.89. The summed E-state index contributed by atoms with van der Waals surface area (Å²) < 4.78 is 64.4. The van der Waals surface area contributed by atoms with Gasteiger partial charge in [0.2, 0.25) is 15.9 Å². The maximum absolute atomic E-state index is 15.5. The zero-order valence-corrected chi connectivity index (χ0v) is 20.8. The summed E-state index contributed by atoms with van der Waals surface area (Å²) in [4.78, 5) is 11.6. The zero-order valence-electron chi connectivity index (χ0n) is 20.0. The van der Waals surface area contributed by atoms with Crippen molar-refractivity contribution in [2.75, 3.05) is 0 Å². The van der Waals surface area contributed by atoms with Crippen molar-refractivity contribution in [3.8, 4) is 0 Å². The van der Waals surface area contributed by atoms with Gasteiger partial charge in [-0.1, -0.05) is 30.3 Å². The number of aromatic nitrogens is 2. The molecular formula is C25H28F2N4O4S. The molecule has 1 saturated carbocycles. The Labute approximate surface area is 207 Å². The van der Waals surface area contributed by atoms with Crippen molar-refractivity contribution < 1.29 is 21.6 Å². The number of nitrogens with two attached hydrogens (primary N) is 1. The molecule has 1 aromatic heterocycles. The lowest BCUT2D eigenvalue weighted by atomic mass is 9.55. The smallest absolute Gasteiger partial charge is 0.391 e. The number of benzene rings is 2. The summed E-state index contributed by atoms with van der Waals surface area (Å²) in [5.74, 6) is -2.35. The van der Waals surface area contributed by atoms with Crippen LogP contribution in [0.5, 0.6) is 0 Å². The van der Waals surface area contributed by atoms with Crippen molar-refractivity contribution in [3.63, 3.8) is 0 Å². The zero-order chi connectivity index (χ0) is 25.9. The van der Waals surface area contributed by atoms with E-state index in [1.54, 1.807) is 38.1 Å². The van der Waals surface area contributed by atoms with Gasteiger partial charge in [-0.15, -0.1) is 5.10 Å². The lowest BCUT2D eigenvalue weighted by Gasteiger charge is -2.51. The standard InChI is InChI=1S/C25H28F2N4O4S/c1-15-8-9-21(16-6-4-3-5-7-16)36(33,34)31(15)12-17-10-20(27)18(11-19(17)26)25(13-24(2,28)14-25)22-29-30-23(32)35-22/h3-7,10-11,15,21H,8-9,12-14,28H2,1-2H3,(H,30,32). The van der Waals surface area contributed by atoms with Crippen molar-refractivity contribution >= 4 is 10.0 Å². The van der Waals surface area contributed by atoms with Crippen LogP contribution in [0.1, 0.15) is 67.4 Å². The van der Waals surface area contributed by atoms with Crippen LogP contribution in [0.3, 0.4) is 0 Å². The molecule has 2 heterocycles. The Balaban J connectivity index is 1.49. The van der Waals surface area contributed by atoms with Gasteiger partial charge in [0, 0.05) is 29.3 Å². The lowest BCUT2D eigenvalue weighted by molar-refractivity contribution is 0.121. The highest BCUT2D eigenvalue weighted by Crippen LogP contribution is 2.53. The van der Waals surface area contributed by atoms with Crippen molar-refractivity contribution in [3.05, 3.63) is 87.2 Å². The van der Waals surface area contributed by atoms with Crippen LogP contribution in [0.2, 0.25) is 0 Å². The fraction of sp³-hybridized carbons (Fsp3) is 0.440. The van der Waals surface area contributed by atoms with Gasteiger partial charge in [-0.25, -0.2) is 27.1 Å². The Morgan fingerprint density at radius 3 is 2.47 bits per heavy atom. The number of sulfonamides is 1. The minimum Gasteiger partial charge on any atom is -0.391 e. The first kappa shape index (κ1) is 24.8. The fourth-order valence-corrected chi connectivity index (χ4v) is 8.00. The minimum absolute atomic E-state index is 0.0290. The molecule has 192 valence electrons. The number of hydrogen-bond acceptors (Lipinski definition) is 6. The molecule has 0 bridgehead atoms. The first-order valence-electron chi connectivity index (χ1n) is 11.8. The molecule has 2 unspecified atom stereocenters. The van der Waals surface area contributed by atoms with Gasteiger partial charge in [0.1, 0.15) is 16.9 Å². The summed E-state index contributed by atoms with van der Waals surface area (Å²) in [6, 6.07) is 10.6. The van der Waals surface area contributed by atoms with Gasteiger partial charge in [-0.2, -0.15) is 4.31 Å². The Morgan fingerprint density at radius 2 is 1.86 bits per heavy atom. The molecule has 2 aliphatic rings. The number of nitrogens with zero attached hydrogens (tertiary/aromatic N) is 2. The molecule has 8 nitrogen and oxygen atoms in total. The normalized spacial score (nSPS) is 30.1. The average Bonchev–Trinajstić information content (AvgIpc) is 3.23. The Kier molecular flexibility index (Phi) is 5.92. The van der Waals surface area contributed by atoms with Crippen molar-refractivity contribution in [1.29, 1.82) is 0 Å². The molecule has 3 N–H and O–H groups in total. The topological polar surface area (TPSA) is 122 Å². The van der Waals surface area contributed by atoms with Gasteiger partial charge < -0.3 is 10.2 Å². The number of H-pyrrole nitrogens is 1. The second-order valence-electron chi connectivity index (χ2n) is 10.3. The largest absolute Gasteiger partial charge is 0.434 e. The predicted molar refractivity (Wildman–Crippen MR) is 128 cm³/mol. The Morgan fingerprint density at radius 1 is 1.17 bits per heavy atom. The van der Waals surface area contributed by atoms with Crippen LogP contribution >= 0.6 is 0 Å². The maximum atomic E-state index is 15.5. The van der Waals surface area contributed by atoms with E-state index < -0.39 is 43.6 Å². The van der Waals surface area contributed by atoms with E-state index in [0.717, 1.165) is 12.1 Å². The highest BCUT2D eigenvalue weighted by Gasteiger charge is 2.56. The van der Waals surface area contributed by atoms with E-state index in [0.29, 0.717) is 18.4 Å². The summed E-state index contributed by atoms with van der Waals surface area (Å²) in [6.07, 6.45) is 1.44. The second kappa shape index (κ2) is 8.60. The summed E-state index contributed by atoms with van der Waals surface area (Å²) in [7, 11) is -3.82. The van der Waals surface area contributed by atoms with Gasteiger partial charge in [0.25, 0.3) is 0 Å². The molecule has 11 heteroatoms. The molecule has 3 aromatic rings. The van der Waals surface area contributed by atoms with Crippen molar-refractivity contribution in [2.24, 2.45) is 5.73 Å². The molecule has 2 atom stereocenters. The number of rotatable bonds is 5. The average molecular weight is 519 g/mol. The SMILES string of the molecule is CC1CCC(c2ccccc2)S(=O)(=O)N1Cc1cc(F)c(C2(c3n[nH]c(=O)o3)CC(C)(N)C2)cc1F. The van der Waals surface area contributed by atoms with Gasteiger partial charge in [0.05, 0.1) is 5.41 Å². The molecule has 0 radical (unpaired) electrons. The first-order chi connectivity index (χ1) is 16.9. The van der Waals surface area contributed by atoms with Crippen LogP contribution in [-0.2, 0) is 22.0 Å². The molecular weight excluding hydrogens is 490 g/mol. The molecule has 5 rings (SSSR count). The quantitative estimate of drug-likeness (QED) is 0.533. The van der Waals surface area contributed by atoms with E-state index in [4.69, 9.17) is 10.2 Å². The molecule has 36 heavy (non-hydrogen) atoms. The maximum Gasteiger partial charge on any atom is 0.434 e. The number of nitrogens with one attached hydrogen (secondary N) is 1. The van der Waals surface area contributed by atoms with Gasteiger partial charge >= 0.3 is 5.76 Å². The summed E-state index contributed by atoms with van der Waals surface area (Å²) in [5.41, 5.74) is 4.87. The fourth-order valence-electron chi connectivity index (χ4n) is 5.81.